The summed E-state index contributed by atoms with van der Waals surface area (Å²) in [6.07, 6.45) is 6.57. The van der Waals surface area contributed by atoms with Crippen LogP contribution in [0.4, 0.5) is 0 Å². The highest BCUT2D eigenvalue weighted by molar-refractivity contribution is 5.02. The van der Waals surface area contributed by atoms with Gasteiger partial charge < -0.3 is 4.74 Å². The highest BCUT2D eigenvalue weighted by atomic mass is 16.5. The van der Waals surface area contributed by atoms with Gasteiger partial charge in [0.25, 0.3) is 0 Å². The Morgan fingerprint density at radius 1 is 1.19 bits per heavy atom. The lowest BCUT2D eigenvalue weighted by atomic mass is 9.64. The van der Waals surface area contributed by atoms with Crippen molar-refractivity contribution in [2.24, 2.45) is 10.8 Å². The fraction of sp³-hybridized carbons (Fsp3) is 0.929. The quantitative estimate of drug-likeness (QED) is 0.662. The molecule has 92 valence electrons. The summed E-state index contributed by atoms with van der Waals surface area (Å²) >= 11 is 0. The highest BCUT2D eigenvalue weighted by Crippen LogP contribution is 2.46. The van der Waals surface area contributed by atoms with E-state index in [1.807, 2.05) is 6.92 Å². The van der Waals surface area contributed by atoms with Gasteiger partial charge in [-0.15, -0.1) is 0 Å². The number of nitrogens with zero attached hydrogens (tertiary/aromatic N) is 1. The molecular weight excluding hydrogens is 198 g/mol. The van der Waals surface area contributed by atoms with Crippen molar-refractivity contribution in [1.29, 1.82) is 5.26 Å². The van der Waals surface area contributed by atoms with Crippen LogP contribution in [0.5, 0.6) is 0 Å². The van der Waals surface area contributed by atoms with E-state index in [2.05, 4.69) is 19.9 Å². The van der Waals surface area contributed by atoms with Gasteiger partial charge >= 0.3 is 0 Å². The summed E-state index contributed by atoms with van der Waals surface area (Å²) in [6, 6.07) is 2.58. The van der Waals surface area contributed by atoms with Gasteiger partial charge in [-0.1, -0.05) is 13.8 Å². The highest BCUT2D eigenvalue weighted by Gasteiger charge is 2.37. The number of hydrogen-bond acceptors (Lipinski definition) is 2. The van der Waals surface area contributed by atoms with Crippen LogP contribution in [0.15, 0.2) is 0 Å². The zero-order chi connectivity index (χ0) is 12.1. The molecule has 1 fully saturated rings. The van der Waals surface area contributed by atoms with E-state index in [0.717, 1.165) is 38.9 Å². The lowest BCUT2D eigenvalue weighted by Crippen LogP contribution is -2.30. The van der Waals surface area contributed by atoms with Crippen molar-refractivity contribution in [2.45, 2.75) is 59.3 Å². The molecule has 0 heterocycles. The normalized spacial score (nSPS) is 22.6. The Kier molecular flexibility index (Phi) is 4.80. The zero-order valence-electron chi connectivity index (χ0n) is 11.0. The molecule has 1 aliphatic carbocycles. The molecule has 0 bridgehead atoms. The minimum absolute atomic E-state index is 0.0490. The van der Waals surface area contributed by atoms with Crippen molar-refractivity contribution in [3.05, 3.63) is 0 Å². The SMILES string of the molecule is CCOCCCC1(C#N)CCC(C)(C)CC1. The van der Waals surface area contributed by atoms with E-state index in [-0.39, 0.29) is 5.41 Å². The minimum atomic E-state index is -0.0490. The number of rotatable bonds is 5. The maximum atomic E-state index is 9.38. The van der Waals surface area contributed by atoms with Gasteiger partial charge in [0, 0.05) is 13.2 Å². The van der Waals surface area contributed by atoms with Crippen LogP contribution in [0, 0.1) is 22.2 Å². The molecule has 0 spiro atoms. The average Bonchev–Trinajstić information content (AvgIpc) is 2.27. The van der Waals surface area contributed by atoms with Crippen LogP contribution in [-0.2, 0) is 4.74 Å². The van der Waals surface area contributed by atoms with E-state index in [9.17, 15) is 5.26 Å². The van der Waals surface area contributed by atoms with Crippen LogP contribution < -0.4 is 0 Å². The molecule has 0 aliphatic heterocycles. The van der Waals surface area contributed by atoms with E-state index in [0.29, 0.717) is 5.41 Å². The Balaban J connectivity index is 2.38. The zero-order valence-corrected chi connectivity index (χ0v) is 11.0. The first-order valence-electron chi connectivity index (χ1n) is 6.53. The summed E-state index contributed by atoms with van der Waals surface area (Å²) in [6.45, 7) is 8.24. The number of ether oxygens (including phenoxy) is 1. The first-order valence-corrected chi connectivity index (χ1v) is 6.53. The molecule has 0 amide bonds. The van der Waals surface area contributed by atoms with Crippen molar-refractivity contribution in [2.75, 3.05) is 13.2 Å². The van der Waals surface area contributed by atoms with Crippen molar-refractivity contribution in [3.8, 4) is 6.07 Å². The Morgan fingerprint density at radius 3 is 2.31 bits per heavy atom. The van der Waals surface area contributed by atoms with Crippen molar-refractivity contribution in [1.82, 2.24) is 0 Å². The smallest absolute Gasteiger partial charge is 0.0689 e. The molecule has 1 aliphatic rings. The van der Waals surface area contributed by atoms with Gasteiger partial charge in [0.1, 0.15) is 0 Å². The van der Waals surface area contributed by atoms with Gasteiger partial charge in [-0.2, -0.15) is 5.26 Å². The first kappa shape index (κ1) is 13.5. The molecule has 2 heteroatoms. The summed E-state index contributed by atoms with van der Waals surface area (Å²) < 4.78 is 5.35. The predicted octanol–water partition coefficient (Wildman–Crippen LogP) is 3.91. The molecule has 0 N–H and O–H groups in total. The van der Waals surface area contributed by atoms with Crippen LogP contribution >= 0.6 is 0 Å². The molecule has 0 aromatic rings. The maximum absolute atomic E-state index is 9.38. The Labute approximate surface area is 100.0 Å². The van der Waals surface area contributed by atoms with Crippen molar-refractivity contribution in [3.63, 3.8) is 0 Å². The monoisotopic (exact) mass is 223 g/mol. The molecule has 0 unspecified atom stereocenters. The van der Waals surface area contributed by atoms with Crippen LogP contribution in [-0.4, -0.2) is 13.2 Å². The van der Waals surface area contributed by atoms with E-state index in [4.69, 9.17) is 4.74 Å². The number of hydrogen-bond donors (Lipinski definition) is 0. The molecule has 0 aromatic heterocycles. The molecule has 0 saturated heterocycles. The minimum Gasteiger partial charge on any atom is -0.382 e. The maximum Gasteiger partial charge on any atom is 0.0689 e. The Hall–Kier alpha value is -0.550. The molecule has 0 radical (unpaired) electrons. The topological polar surface area (TPSA) is 33.0 Å². The summed E-state index contributed by atoms with van der Waals surface area (Å²) in [5.74, 6) is 0. The molecule has 1 saturated carbocycles. The first-order chi connectivity index (χ1) is 7.54. The average molecular weight is 223 g/mol. The molecule has 0 aromatic carbocycles. The van der Waals surface area contributed by atoms with E-state index < -0.39 is 0 Å². The van der Waals surface area contributed by atoms with Crippen LogP contribution in [0.1, 0.15) is 59.3 Å². The summed E-state index contributed by atoms with van der Waals surface area (Å²) in [5, 5.41) is 9.38. The second-order valence-corrected chi connectivity index (χ2v) is 5.86. The van der Waals surface area contributed by atoms with Gasteiger partial charge in [-0.25, -0.2) is 0 Å². The summed E-state index contributed by atoms with van der Waals surface area (Å²) in [5.41, 5.74) is 0.396. The summed E-state index contributed by atoms with van der Waals surface area (Å²) in [7, 11) is 0. The number of nitriles is 1. The molecular formula is C14H25NO. The lowest BCUT2D eigenvalue weighted by Gasteiger charge is -2.39. The molecule has 0 atom stereocenters. The third-order valence-corrected chi connectivity index (χ3v) is 3.95. The molecule has 1 rings (SSSR count). The van der Waals surface area contributed by atoms with Gasteiger partial charge in [-0.05, 0) is 50.9 Å². The Bertz CT molecular complexity index is 242. The van der Waals surface area contributed by atoms with Crippen molar-refractivity contribution < 1.29 is 4.74 Å². The lowest BCUT2D eigenvalue weighted by molar-refractivity contribution is 0.106. The molecule has 2 nitrogen and oxygen atoms in total. The van der Waals surface area contributed by atoms with Crippen molar-refractivity contribution >= 4 is 0 Å². The van der Waals surface area contributed by atoms with Crippen LogP contribution in [0.25, 0.3) is 0 Å². The van der Waals surface area contributed by atoms with E-state index in [1.165, 1.54) is 12.8 Å². The van der Waals surface area contributed by atoms with E-state index in [1.54, 1.807) is 0 Å². The van der Waals surface area contributed by atoms with Crippen LogP contribution in [0.3, 0.4) is 0 Å². The standard InChI is InChI=1S/C14H25NO/c1-4-16-11-5-6-14(12-15)9-7-13(2,3)8-10-14/h4-11H2,1-3H3. The Morgan fingerprint density at radius 2 is 1.81 bits per heavy atom. The predicted molar refractivity (Wildman–Crippen MR) is 66.0 cm³/mol. The van der Waals surface area contributed by atoms with Gasteiger partial charge in [-0.3, -0.25) is 0 Å². The van der Waals surface area contributed by atoms with Crippen LogP contribution in [0.2, 0.25) is 0 Å². The third kappa shape index (κ3) is 3.79. The van der Waals surface area contributed by atoms with Gasteiger partial charge in [0.2, 0.25) is 0 Å². The van der Waals surface area contributed by atoms with Gasteiger partial charge in [0.05, 0.1) is 11.5 Å². The summed E-state index contributed by atoms with van der Waals surface area (Å²) in [4.78, 5) is 0. The molecule has 16 heavy (non-hydrogen) atoms. The fourth-order valence-electron chi connectivity index (χ4n) is 2.48. The third-order valence-electron chi connectivity index (χ3n) is 3.95. The second kappa shape index (κ2) is 5.68. The fourth-order valence-corrected chi connectivity index (χ4v) is 2.48. The second-order valence-electron chi connectivity index (χ2n) is 5.86. The van der Waals surface area contributed by atoms with Gasteiger partial charge in [0.15, 0.2) is 0 Å². The van der Waals surface area contributed by atoms with E-state index >= 15 is 0 Å². The largest absolute Gasteiger partial charge is 0.382 e.